The van der Waals surface area contributed by atoms with Crippen LogP contribution in [0, 0.1) is 0 Å². The van der Waals surface area contributed by atoms with Crippen LogP contribution in [0.25, 0.3) is 0 Å². The summed E-state index contributed by atoms with van der Waals surface area (Å²) >= 11 is 0. The van der Waals surface area contributed by atoms with Gasteiger partial charge in [-0.15, -0.1) is 0 Å². The maximum atomic E-state index is 5.46. The monoisotopic (exact) mass is 220 g/mol. The van der Waals surface area contributed by atoms with Gasteiger partial charge >= 0.3 is 0 Å². The second-order valence-corrected chi connectivity index (χ2v) is 4.41. The summed E-state index contributed by atoms with van der Waals surface area (Å²) in [6.07, 6.45) is 7.24. The fraction of sp³-hybridized carbons (Fsp3) is 0.615. The fourth-order valence-corrected chi connectivity index (χ4v) is 2.15. The van der Waals surface area contributed by atoms with Crippen molar-refractivity contribution in [3.05, 3.63) is 30.1 Å². The van der Waals surface area contributed by atoms with E-state index in [2.05, 4.69) is 23.3 Å². The predicted molar refractivity (Wildman–Crippen MR) is 64.2 cm³/mol. The minimum atomic E-state index is 0.372. The van der Waals surface area contributed by atoms with Crippen molar-refractivity contribution in [1.82, 2.24) is 10.3 Å². The number of rotatable bonds is 3. The van der Waals surface area contributed by atoms with Crippen molar-refractivity contribution in [2.75, 3.05) is 13.2 Å². The second-order valence-electron chi connectivity index (χ2n) is 4.41. The van der Waals surface area contributed by atoms with Crippen molar-refractivity contribution in [3.63, 3.8) is 0 Å². The first kappa shape index (κ1) is 11.6. The normalized spacial score (nSPS) is 23.7. The van der Waals surface area contributed by atoms with Gasteiger partial charge in [-0.3, -0.25) is 4.98 Å². The number of nitrogens with zero attached hydrogens (tertiary/aromatic N) is 1. The molecule has 2 heterocycles. The summed E-state index contributed by atoms with van der Waals surface area (Å²) in [5.74, 6) is 0. The van der Waals surface area contributed by atoms with Gasteiger partial charge < -0.3 is 10.1 Å². The summed E-state index contributed by atoms with van der Waals surface area (Å²) in [5, 5.41) is 3.66. The molecule has 1 saturated heterocycles. The molecule has 3 heteroatoms. The van der Waals surface area contributed by atoms with Crippen LogP contribution in [0.1, 0.15) is 37.8 Å². The minimum absolute atomic E-state index is 0.372. The molecule has 1 fully saturated rings. The second kappa shape index (κ2) is 5.97. The highest BCUT2D eigenvalue weighted by Gasteiger charge is 2.15. The van der Waals surface area contributed by atoms with Gasteiger partial charge in [0.1, 0.15) is 0 Å². The Morgan fingerprint density at radius 2 is 2.38 bits per heavy atom. The van der Waals surface area contributed by atoms with E-state index >= 15 is 0 Å². The van der Waals surface area contributed by atoms with Crippen LogP contribution in [0.5, 0.6) is 0 Å². The molecular weight excluding hydrogens is 200 g/mol. The molecule has 0 radical (unpaired) electrons. The summed E-state index contributed by atoms with van der Waals surface area (Å²) in [7, 11) is 0. The Kier molecular flexibility index (Phi) is 4.31. The van der Waals surface area contributed by atoms with E-state index in [0.29, 0.717) is 12.1 Å². The van der Waals surface area contributed by atoms with E-state index in [-0.39, 0.29) is 0 Å². The zero-order valence-electron chi connectivity index (χ0n) is 9.86. The Hall–Kier alpha value is -0.930. The van der Waals surface area contributed by atoms with E-state index in [4.69, 9.17) is 4.74 Å². The van der Waals surface area contributed by atoms with E-state index < -0.39 is 0 Å². The van der Waals surface area contributed by atoms with Crippen molar-refractivity contribution < 1.29 is 4.74 Å². The molecule has 1 aliphatic rings. The molecule has 1 aromatic rings. The SMILES string of the molecule is C[C@@H](NC1CCCOCC1)c1cccnc1. The summed E-state index contributed by atoms with van der Waals surface area (Å²) in [4.78, 5) is 4.15. The van der Waals surface area contributed by atoms with Crippen LogP contribution < -0.4 is 5.32 Å². The molecule has 1 N–H and O–H groups in total. The molecule has 88 valence electrons. The van der Waals surface area contributed by atoms with Gasteiger partial charge in [0.05, 0.1) is 0 Å². The van der Waals surface area contributed by atoms with Crippen molar-refractivity contribution in [3.8, 4) is 0 Å². The molecule has 0 saturated carbocycles. The average Bonchev–Trinajstić information content (AvgIpc) is 2.59. The van der Waals surface area contributed by atoms with Gasteiger partial charge in [-0.1, -0.05) is 6.07 Å². The standard InChI is InChI=1S/C13H20N2O/c1-11(12-4-2-7-14-10-12)15-13-5-3-8-16-9-6-13/h2,4,7,10-11,13,15H,3,5-6,8-9H2,1H3/t11-,13?/m1/s1. The molecule has 1 aromatic heterocycles. The van der Waals surface area contributed by atoms with Gasteiger partial charge in [-0.2, -0.15) is 0 Å². The average molecular weight is 220 g/mol. The van der Waals surface area contributed by atoms with Gasteiger partial charge in [0, 0.05) is 37.7 Å². The van der Waals surface area contributed by atoms with Crippen LogP contribution in [0.3, 0.4) is 0 Å². The van der Waals surface area contributed by atoms with Crippen molar-refractivity contribution in [2.45, 2.75) is 38.3 Å². The topological polar surface area (TPSA) is 34.1 Å². The Morgan fingerprint density at radius 3 is 3.19 bits per heavy atom. The van der Waals surface area contributed by atoms with Crippen molar-refractivity contribution in [1.29, 1.82) is 0 Å². The number of hydrogen-bond acceptors (Lipinski definition) is 3. The molecule has 16 heavy (non-hydrogen) atoms. The predicted octanol–water partition coefficient (Wildman–Crippen LogP) is 2.30. The Bertz CT molecular complexity index is 294. The van der Waals surface area contributed by atoms with E-state index in [1.165, 1.54) is 12.0 Å². The van der Waals surface area contributed by atoms with Gasteiger partial charge in [0.2, 0.25) is 0 Å². The quantitative estimate of drug-likeness (QED) is 0.848. The Balaban J connectivity index is 1.88. The minimum Gasteiger partial charge on any atom is -0.381 e. The van der Waals surface area contributed by atoms with E-state index in [1.54, 1.807) is 0 Å². The molecule has 2 rings (SSSR count). The highest BCUT2D eigenvalue weighted by atomic mass is 16.5. The largest absolute Gasteiger partial charge is 0.381 e. The zero-order chi connectivity index (χ0) is 11.2. The lowest BCUT2D eigenvalue weighted by Crippen LogP contribution is -2.31. The summed E-state index contributed by atoms with van der Waals surface area (Å²) in [6, 6.07) is 5.07. The van der Waals surface area contributed by atoms with Crippen LogP contribution in [0.15, 0.2) is 24.5 Å². The summed E-state index contributed by atoms with van der Waals surface area (Å²) in [6.45, 7) is 4.00. The van der Waals surface area contributed by atoms with Crippen molar-refractivity contribution >= 4 is 0 Å². The van der Waals surface area contributed by atoms with Crippen LogP contribution in [0.4, 0.5) is 0 Å². The van der Waals surface area contributed by atoms with E-state index in [9.17, 15) is 0 Å². The molecular formula is C13H20N2O. The smallest absolute Gasteiger partial charge is 0.0480 e. The third-order valence-corrected chi connectivity index (χ3v) is 3.12. The van der Waals surface area contributed by atoms with Crippen LogP contribution >= 0.6 is 0 Å². The van der Waals surface area contributed by atoms with Crippen molar-refractivity contribution in [2.24, 2.45) is 0 Å². The summed E-state index contributed by atoms with van der Waals surface area (Å²) in [5.41, 5.74) is 1.26. The fourth-order valence-electron chi connectivity index (χ4n) is 2.15. The molecule has 0 spiro atoms. The third-order valence-electron chi connectivity index (χ3n) is 3.12. The van der Waals surface area contributed by atoms with Gasteiger partial charge in [-0.05, 0) is 37.8 Å². The lowest BCUT2D eigenvalue weighted by atomic mass is 10.1. The maximum Gasteiger partial charge on any atom is 0.0480 e. The number of ether oxygens (including phenoxy) is 1. The van der Waals surface area contributed by atoms with Crippen LogP contribution in [0.2, 0.25) is 0 Å². The number of pyridine rings is 1. The Morgan fingerprint density at radius 1 is 1.44 bits per heavy atom. The molecule has 0 amide bonds. The highest BCUT2D eigenvalue weighted by Crippen LogP contribution is 2.15. The molecule has 2 atom stereocenters. The number of hydrogen-bond donors (Lipinski definition) is 1. The van der Waals surface area contributed by atoms with Crippen LogP contribution in [-0.2, 0) is 4.74 Å². The lowest BCUT2D eigenvalue weighted by molar-refractivity contribution is 0.142. The first-order chi connectivity index (χ1) is 7.86. The molecule has 0 aliphatic carbocycles. The van der Waals surface area contributed by atoms with E-state index in [1.807, 2.05) is 18.5 Å². The first-order valence-corrected chi connectivity index (χ1v) is 6.10. The summed E-state index contributed by atoms with van der Waals surface area (Å²) < 4.78 is 5.46. The van der Waals surface area contributed by atoms with Crippen LogP contribution in [-0.4, -0.2) is 24.2 Å². The molecule has 3 nitrogen and oxygen atoms in total. The van der Waals surface area contributed by atoms with Gasteiger partial charge in [0.15, 0.2) is 0 Å². The molecule has 0 bridgehead atoms. The molecule has 1 aliphatic heterocycles. The van der Waals surface area contributed by atoms with Gasteiger partial charge in [-0.25, -0.2) is 0 Å². The molecule has 0 aromatic carbocycles. The number of nitrogens with one attached hydrogen (secondary N) is 1. The third kappa shape index (κ3) is 3.29. The first-order valence-electron chi connectivity index (χ1n) is 6.10. The lowest BCUT2D eigenvalue weighted by Gasteiger charge is -2.21. The number of aromatic nitrogens is 1. The highest BCUT2D eigenvalue weighted by molar-refractivity contribution is 5.12. The zero-order valence-corrected chi connectivity index (χ0v) is 9.86. The Labute approximate surface area is 97.2 Å². The van der Waals surface area contributed by atoms with Gasteiger partial charge in [0.25, 0.3) is 0 Å². The molecule has 1 unspecified atom stereocenters. The maximum absolute atomic E-state index is 5.46. The van der Waals surface area contributed by atoms with E-state index in [0.717, 1.165) is 26.1 Å².